The van der Waals surface area contributed by atoms with Crippen molar-refractivity contribution in [2.75, 3.05) is 11.9 Å². The van der Waals surface area contributed by atoms with Crippen molar-refractivity contribution in [2.24, 2.45) is 5.92 Å². The van der Waals surface area contributed by atoms with Crippen LogP contribution < -0.4 is 5.32 Å². The van der Waals surface area contributed by atoms with Crippen molar-refractivity contribution >= 4 is 91.7 Å². The van der Waals surface area contributed by atoms with E-state index in [9.17, 15) is 19.2 Å². The second-order valence-electron chi connectivity index (χ2n) is 8.25. The molecule has 1 heterocycles. The zero-order valence-corrected chi connectivity index (χ0v) is 23.5. The van der Waals surface area contributed by atoms with Gasteiger partial charge in [-0.1, -0.05) is 76.2 Å². The van der Waals surface area contributed by atoms with E-state index >= 15 is 0 Å². The van der Waals surface area contributed by atoms with Gasteiger partial charge in [-0.15, -0.1) is 0 Å². The van der Waals surface area contributed by atoms with Crippen LogP contribution in [0.2, 0.25) is 20.1 Å². The van der Waals surface area contributed by atoms with Crippen LogP contribution in [0.15, 0.2) is 16.6 Å². The number of nitrogens with one attached hydrogen (secondary N) is 1. The smallest absolute Gasteiger partial charge is 0.330 e. The highest BCUT2D eigenvalue weighted by atomic mass is 79.9. The molecule has 1 N–H and O–H groups in total. The number of nitrogens with zero attached hydrogens (tertiary/aromatic N) is 1. The Morgan fingerprint density at radius 3 is 1.94 bits per heavy atom. The second-order valence-corrected chi connectivity index (χ2v) is 10.6. The molecule has 0 saturated heterocycles. The van der Waals surface area contributed by atoms with E-state index in [-0.39, 0.29) is 31.2 Å². The molecule has 3 rings (SSSR count). The summed E-state index contributed by atoms with van der Waals surface area (Å²) in [5.41, 5.74) is 1.79. The Hall–Kier alpha value is -1.84. The zero-order valence-electron chi connectivity index (χ0n) is 18.9. The fraction of sp³-hybridized carbons (Fsp3) is 0.304. The summed E-state index contributed by atoms with van der Waals surface area (Å²) >= 11 is 27.9. The predicted octanol–water partition coefficient (Wildman–Crippen LogP) is 6.48. The number of halogens is 5. The number of benzene rings is 2. The highest BCUT2D eigenvalue weighted by Crippen LogP contribution is 2.45. The maximum absolute atomic E-state index is 13.1. The number of carbonyl (C=O) groups excluding carboxylic acids is 4. The molecule has 0 saturated carbocycles. The van der Waals surface area contributed by atoms with Crippen LogP contribution in [-0.2, 0) is 14.3 Å². The molecule has 0 spiro atoms. The summed E-state index contributed by atoms with van der Waals surface area (Å²) in [5, 5.41) is 1.83. The van der Waals surface area contributed by atoms with Crippen molar-refractivity contribution in [1.29, 1.82) is 0 Å². The molecule has 35 heavy (non-hydrogen) atoms. The van der Waals surface area contributed by atoms with Crippen LogP contribution in [0.1, 0.15) is 45.7 Å². The lowest BCUT2D eigenvalue weighted by Crippen LogP contribution is -2.49. The highest BCUT2D eigenvalue weighted by molar-refractivity contribution is 9.10. The van der Waals surface area contributed by atoms with Gasteiger partial charge in [-0.05, 0) is 43.0 Å². The number of amides is 3. The van der Waals surface area contributed by atoms with Crippen LogP contribution in [0.3, 0.4) is 0 Å². The zero-order chi connectivity index (χ0) is 26.4. The molecule has 0 aliphatic carbocycles. The quantitative estimate of drug-likeness (QED) is 0.172. The minimum absolute atomic E-state index is 0.182. The molecule has 1 aliphatic heterocycles. The van der Waals surface area contributed by atoms with Crippen molar-refractivity contribution in [3.8, 4) is 0 Å². The van der Waals surface area contributed by atoms with Crippen LogP contribution in [0.5, 0.6) is 0 Å². The molecule has 12 heteroatoms. The summed E-state index contributed by atoms with van der Waals surface area (Å²) in [5.74, 6) is -3.82. The lowest BCUT2D eigenvalue weighted by molar-refractivity contribution is -0.152. The van der Waals surface area contributed by atoms with Crippen molar-refractivity contribution in [3.05, 3.63) is 58.9 Å². The average Bonchev–Trinajstić information content (AvgIpc) is 3.03. The van der Waals surface area contributed by atoms with E-state index in [1.165, 1.54) is 0 Å². The lowest BCUT2D eigenvalue weighted by atomic mass is 10.0. The Bertz CT molecular complexity index is 1230. The largest absolute Gasteiger partial charge is 0.454 e. The number of hydrogen-bond acceptors (Lipinski definition) is 5. The topological polar surface area (TPSA) is 92.8 Å². The molecule has 2 aromatic carbocycles. The summed E-state index contributed by atoms with van der Waals surface area (Å²) in [6, 6.07) is 2.28. The molecule has 1 atom stereocenters. The molecular weight excluding hydrogens is 606 g/mol. The Kier molecular flexibility index (Phi) is 8.44. The van der Waals surface area contributed by atoms with Gasteiger partial charge in [0.2, 0.25) is 0 Å². The number of fused-ring (bicyclic) bond motifs is 1. The van der Waals surface area contributed by atoms with Gasteiger partial charge in [0.15, 0.2) is 6.61 Å². The molecule has 0 radical (unpaired) electrons. The van der Waals surface area contributed by atoms with E-state index in [0.29, 0.717) is 10.6 Å². The molecule has 7 nitrogen and oxygen atoms in total. The molecule has 0 aromatic heterocycles. The number of carbonyl (C=O) groups is 4. The molecule has 0 bridgehead atoms. The Labute approximate surface area is 230 Å². The maximum Gasteiger partial charge on any atom is 0.330 e. The van der Waals surface area contributed by atoms with Gasteiger partial charge in [-0.3, -0.25) is 19.3 Å². The van der Waals surface area contributed by atoms with Gasteiger partial charge in [0, 0.05) is 10.2 Å². The number of hydrogen-bond donors (Lipinski definition) is 1. The van der Waals surface area contributed by atoms with Crippen molar-refractivity contribution in [2.45, 2.75) is 33.7 Å². The van der Waals surface area contributed by atoms with Crippen LogP contribution in [0, 0.1) is 19.8 Å². The van der Waals surface area contributed by atoms with Gasteiger partial charge < -0.3 is 10.1 Å². The lowest BCUT2D eigenvalue weighted by Gasteiger charge is -2.27. The minimum atomic E-state index is -1.35. The first-order valence-electron chi connectivity index (χ1n) is 10.2. The number of aryl methyl sites for hydroxylation is 2. The summed E-state index contributed by atoms with van der Waals surface area (Å²) in [6.07, 6.45) is 0. The highest BCUT2D eigenvalue weighted by Gasteiger charge is 2.48. The fourth-order valence-electron chi connectivity index (χ4n) is 3.62. The van der Waals surface area contributed by atoms with E-state index in [0.717, 1.165) is 15.6 Å². The first-order valence-corrected chi connectivity index (χ1v) is 12.5. The van der Waals surface area contributed by atoms with E-state index < -0.39 is 42.3 Å². The van der Waals surface area contributed by atoms with Crippen molar-refractivity contribution in [1.82, 2.24) is 4.90 Å². The van der Waals surface area contributed by atoms with Gasteiger partial charge in [0.25, 0.3) is 17.7 Å². The maximum atomic E-state index is 13.1. The predicted molar refractivity (Wildman–Crippen MR) is 139 cm³/mol. The SMILES string of the molecule is Cc1cc(NC(=O)COC(=O)[C@H](C(C)C)N2C(=O)c3c(Cl)c(Cl)c(Cl)c(Cl)c3C2=O)c(C)cc1Br. The molecular formula is C23H19BrCl4N2O5. The first-order chi connectivity index (χ1) is 16.3. The van der Waals surface area contributed by atoms with E-state index in [4.69, 9.17) is 51.1 Å². The number of anilines is 1. The molecule has 3 amide bonds. The van der Waals surface area contributed by atoms with E-state index in [1.54, 1.807) is 19.9 Å². The summed E-state index contributed by atoms with van der Waals surface area (Å²) in [7, 11) is 0. The van der Waals surface area contributed by atoms with Crippen molar-refractivity contribution in [3.63, 3.8) is 0 Å². The van der Waals surface area contributed by atoms with E-state index in [2.05, 4.69) is 21.2 Å². The van der Waals surface area contributed by atoms with Crippen LogP contribution >= 0.6 is 62.3 Å². The average molecular weight is 625 g/mol. The number of ether oxygens (including phenoxy) is 1. The third-order valence-corrected chi connectivity index (χ3v) is 8.07. The molecule has 186 valence electrons. The Morgan fingerprint density at radius 2 is 1.46 bits per heavy atom. The molecule has 1 aliphatic rings. The van der Waals surface area contributed by atoms with Gasteiger partial charge in [0.05, 0.1) is 31.2 Å². The summed E-state index contributed by atoms with van der Waals surface area (Å²) in [4.78, 5) is 52.4. The third kappa shape index (κ3) is 5.18. The Morgan fingerprint density at radius 1 is 0.943 bits per heavy atom. The third-order valence-electron chi connectivity index (χ3n) is 5.41. The summed E-state index contributed by atoms with van der Waals surface area (Å²) in [6.45, 7) is 6.29. The first kappa shape index (κ1) is 27.7. The van der Waals surface area contributed by atoms with Crippen molar-refractivity contribution < 1.29 is 23.9 Å². The minimum Gasteiger partial charge on any atom is -0.454 e. The number of rotatable bonds is 6. The van der Waals surface area contributed by atoms with Gasteiger partial charge in [-0.25, -0.2) is 4.79 Å². The molecule has 0 unspecified atom stereocenters. The van der Waals surface area contributed by atoms with Crippen LogP contribution in [0.25, 0.3) is 0 Å². The monoisotopic (exact) mass is 622 g/mol. The van der Waals surface area contributed by atoms with Gasteiger partial charge >= 0.3 is 5.97 Å². The molecule has 2 aromatic rings. The van der Waals surface area contributed by atoms with Crippen LogP contribution in [0.4, 0.5) is 5.69 Å². The second kappa shape index (κ2) is 10.6. The van der Waals surface area contributed by atoms with Crippen LogP contribution in [-0.4, -0.2) is 41.2 Å². The van der Waals surface area contributed by atoms with Gasteiger partial charge in [0.1, 0.15) is 6.04 Å². The summed E-state index contributed by atoms with van der Waals surface area (Å²) < 4.78 is 6.08. The molecule has 0 fully saturated rings. The number of imide groups is 1. The fourth-order valence-corrected chi connectivity index (χ4v) is 5.09. The normalized spacial score (nSPS) is 13.8. The van der Waals surface area contributed by atoms with Gasteiger partial charge in [-0.2, -0.15) is 0 Å². The standard InChI is InChI=1S/C23H19BrCl4N2O5/c1-8(2)20(23(34)35-7-13(31)29-12-6-9(3)11(24)5-10(12)4)30-21(32)14-15(22(30)33)17(26)19(28)18(27)16(14)25/h5-6,8,20H,7H2,1-4H3,(H,29,31)/t20-/m0/s1. The Balaban J connectivity index is 1.81. The van der Waals surface area contributed by atoms with E-state index in [1.807, 2.05) is 19.9 Å². The number of esters is 1.